The SMILES string of the molecule is CCCCOc1ccc(S(=O)(=O)NCCCN2CCN(c3cccc(Cl)c3Cl)CC2)cc1. The third kappa shape index (κ3) is 6.99. The van der Waals surface area contributed by atoms with Crippen LogP contribution < -0.4 is 14.4 Å². The molecule has 0 amide bonds. The Morgan fingerprint density at radius 3 is 2.41 bits per heavy atom. The van der Waals surface area contributed by atoms with Crippen LogP contribution in [0, 0.1) is 0 Å². The van der Waals surface area contributed by atoms with E-state index >= 15 is 0 Å². The number of rotatable bonds is 11. The summed E-state index contributed by atoms with van der Waals surface area (Å²) in [7, 11) is -3.52. The quantitative estimate of drug-likeness (QED) is 0.455. The van der Waals surface area contributed by atoms with E-state index < -0.39 is 10.0 Å². The third-order valence-electron chi connectivity index (χ3n) is 5.49. The first-order chi connectivity index (χ1) is 15.4. The molecular formula is C23H31Cl2N3O3S. The molecule has 1 aliphatic rings. The van der Waals surface area contributed by atoms with E-state index in [1.165, 1.54) is 0 Å². The van der Waals surface area contributed by atoms with Crippen molar-refractivity contribution >= 4 is 38.9 Å². The topological polar surface area (TPSA) is 61.9 Å². The van der Waals surface area contributed by atoms with E-state index in [-0.39, 0.29) is 4.90 Å². The Balaban J connectivity index is 1.39. The minimum atomic E-state index is -3.52. The summed E-state index contributed by atoms with van der Waals surface area (Å²) in [4.78, 5) is 4.83. The number of piperazine rings is 1. The smallest absolute Gasteiger partial charge is 0.240 e. The molecule has 2 aromatic rings. The minimum absolute atomic E-state index is 0.257. The van der Waals surface area contributed by atoms with Gasteiger partial charge in [0, 0.05) is 32.7 Å². The molecule has 6 nitrogen and oxygen atoms in total. The van der Waals surface area contributed by atoms with Gasteiger partial charge in [-0.2, -0.15) is 0 Å². The highest BCUT2D eigenvalue weighted by Gasteiger charge is 2.20. The molecule has 32 heavy (non-hydrogen) atoms. The largest absolute Gasteiger partial charge is 0.494 e. The predicted molar refractivity (Wildman–Crippen MR) is 132 cm³/mol. The highest BCUT2D eigenvalue weighted by atomic mass is 35.5. The number of benzene rings is 2. The standard InChI is InChI=1S/C23H31Cl2N3O3S/c1-2-3-18-31-19-8-10-20(11-9-19)32(29,30)26-12-5-13-27-14-16-28(17-15-27)22-7-4-6-21(24)23(22)25/h4,6-11,26H,2-3,5,12-18H2,1H3. The first-order valence-corrected chi connectivity index (χ1v) is 13.3. The average molecular weight is 500 g/mol. The summed E-state index contributed by atoms with van der Waals surface area (Å²) in [5.74, 6) is 0.690. The molecule has 0 saturated carbocycles. The van der Waals surface area contributed by atoms with Gasteiger partial charge in [-0.05, 0) is 55.8 Å². The normalized spacial score (nSPS) is 15.2. The van der Waals surface area contributed by atoms with Gasteiger partial charge >= 0.3 is 0 Å². The van der Waals surface area contributed by atoms with Crippen LogP contribution in [0.4, 0.5) is 5.69 Å². The van der Waals surface area contributed by atoms with Crippen LogP contribution in [0.5, 0.6) is 5.75 Å². The average Bonchev–Trinajstić information content (AvgIpc) is 2.80. The van der Waals surface area contributed by atoms with Gasteiger partial charge in [0.25, 0.3) is 0 Å². The zero-order valence-corrected chi connectivity index (χ0v) is 20.7. The second-order valence-corrected chi connectivity index (χ2v) is 10.4. The summed E-state index contributed by atoms with van der Waals surface area (Å²) in [6, 6.07) is 12.3. The molecule has 176 valence electrons. The fourth-order valence-electron chi connectivity index (χ4n) is 3.59. The highest BCUT2D eigenvalue weighted by Crippen LogP contribution is 2.32. The van der Waals surface area contributed by atoms with Gasteiger partial charge in [-0.3, -0.25) is 4.90 Å². The highest BCUT2D eigenvalue weighted by molar-refractivity contribution is 7.89. The number of nitrogens with one attached hydrogen (secondary N) is 1. The lowest BCUT2D eigenvalue weighted by Crippen LogP contribution is -2.47. The van der Waals surface area contributed by atoms with E-state index in [1.54, 1.807) is 30.3 Å². The summed E-state index contributed by atoms with van der Waals surface area (Å²) < 4.78 is 33.3. The van der Waals surface area contributed by atoms with E-state index in [0.717, 1.165) is 57.7 Å². The Kier molecular flexibility index (Phi) is 9.49. The van der Waals surface area contributed by atoms with Gasteiger partial charge in [0.2, 0.25) is 10.0 Å². The number of hydrogen-bond donors (Lipinski definition) is 1. The van der Waals surface area contributed by atoms with Crippen molar-refractivity contribution in [3.8, 4) is 5.75 Å². The van der Waals surface area contributed by atoms with Crippen LogP contribution in [0.25, 0.3) is 0 Å². The summed E-state index contributed by atoms with van der Waals surface area (Å²) in [6.45, 7) is 7.49. The van der Waals surface area contributed by atoms with Crippen LogP contribution in [0.3, 0.4) is 0 Å². The zero-order valence-electron chi connectivity index (χ0n) is 18.4. The molecule has 0 unspecified atom stereocenters. The molecule has 0 atom stereocenters. The monoisotopic (exact) mass is 499 g/mol. The van der Waals surface area contributed by atoms with Gasteiger partial charge in [-0.15, -0.1) is 0 Å². The van der Waals surface area contributed by atoms with Crippen LogP contribution >= 0.6 is 23.2 Å². The van der Waals surface area contributed by atoms with Gasteiger partial charge in [0.1, 0.15) is 5.75 Å². The van der Waals surface area contributed by atoms with Crippen molar-refractivity contribution in [2.45, 2.75) is 31.1 Å². The van der Waals surface area contributed by atoms with Gasteiger partial charge in [-0.25, -0.2) is 13.1 Å². The molecule has 3 rings (SSSR count). The molecule has 1 fully saturated rings. The maximum absolute atomic E-state index is 12.5. The lowest BCUT2D eigenvalue weighted by Gasteiger charge is -2.36. The molecule has 1 heterocycles. The lowest BCUT2D eigenvalue weighted by molar-refractivity contribution is 0.255. The first-order valence-electron chi connectivity index (χ1n) is 11.0. The van der Waals surface area contributed by atoms with Gasteiger partial charge in [0.15, 0.2) is 0 Å². The Morgan fingerprint density at radius 1 is 1.00 bits per heavy atom. The zero-order chi connectivity index (χ0) is 23.0. The van der Waals surface area contributed by atoms with E-state index in [0.29, 0.717) is 28.9 Å². The molecule has 9 heteroatoms. The van der Waals surface area contributed by atoms with Gasteiger partial charge in [0.05, 0.1) is 27.2 Å². The maximum Gasteiger partial charge on any atom is 0.240 e. The number of sulfonamides is 1. The molecule has 0 bridgehead atoms. The van der Waals surface area contributed by atoms with Crippen LogP contribution in [0.1, 0.15) is 26.2 Å². The number of anilines is 1. The molecule has 0 radical (unpaired) electrons. The van der Waals surface area contributed by atoms with Crippen molar-refractivity contribution < 1.29 is 13.2 Å². The fourth-order valence-corrected chi connectivity index (χ4v) is 5.08. The predicted octanol–water partition coefficient (Wildman–Crippen LogP) is 4.66. The summed E-state index contributed by atoms with van der Waals surface area (Å²) in [6.07, 6.45) is 2.78. The van der Waals surface area contributed by atoms with Crippen LogP contribution in [0.2, 0.25) is 10.0 Å². The Morgan fingerprint density at radius 2 is 1.72 bits per heavy atom. The number of halogens is 2. The molecular weight excluding hydrogens is 469 g/mol. The van der Waals surface area contributed by atoms with Crippen LogP contribution in [-0.4, -0.2) is 59.2 Å². The fraction of sp³-hybridized carbons (Fsp3) is 0.478. The second kappa shape index (κ2) is 12.1. The molecule has 0 aliphatic carbocycles. The van der Waals surface area contributed by atoms with Crippen molar-refractivity contribution in [1.29, 1.82) is 0 Å². The molecule has 1 N–H and O–H groups in total. The van der Waals surface area contributed by atoms with E-state index in [2.05, 4.69) is 21.4 Å². The van der Waals surface area contributed by atoms with Crippen molar-refractivity contribution in [2.24, 2.45) is 0 Å². The van der Waals surface area contributed by atoms with Crippen LogP contribution in [-0.2, 0) is 10.0 Å². The lowest BCUT2D eigenvalue weighted by atomic mass is 10.2. The van der Waals surface area contributed by atoms with E-state index in [4.69, 9.17) is 27.9 Å². The summed E-state index contributed by atoms with van der Waals surface area (Å²) in [5.41, 5.74) is 0.966. The molecule has 0 spiro atoms. The minimum Gasteiger partial charge on any atom is -0.494 e. The molecule has 2 aromatic carbocycles. The van der Waals surface area contributed by atoms with E-state index in [1.807, 2.05) is 12.1 Å². The Labute approximate surface area is 201 Å². The number of hydrogen-bond acceptors (Lipinski definition) is 5. The van der Waals surface area contributed by atoms with Crippen molar-refractivity contribution in [3.05, 3.63) is 52.5 Å². The van der Waals surface area contributed by atoms with Gasteiger partial charge < -0.3 is 9.64 Å². The van der Waals surface area contributed by atoms with Crippen LogP contribution in [0.15, 0.2) is 47.4 Å². The third-order valence-corrected chi connectivity index (χ3v) is 7.77. The first kappa shape index (κ1) is 25.1. The maximum atomic E-state index is 12.5. The molecule has 1 aliphatic heterocycles. The number of ether oxygens (including phenoxy) is 1. The summed E-state index contributed by atoms with van der Waals surface area (Å²) >= 11 is 12.5. The molecule has 0 aromatic heterocycles. The van der Waals surface area contributed by atoms with E-state index in [9.17, 15) is 8.42 Å². The Hall–Kier alpha value is -1.51. The van der Waals surface area contributed by atoms with Crippen molar-refractivity contribution in [2.75, 3.05) is 50.8 Å². The Bertz CT molecular complexity index is 963. The summed E-state index contributed by atoms with van der Waals surface area (Å²) in [5, 5.41) is 1.16. The van der Waals surface area contributed by atoms with Gasteiger partial charge in [-0.1, -0.05) is 42.6 Å². The molecule has 1 saturated heterocycles. The van der Waals surface area contributed by atoms with Crippen molar-refractivity contribution in [3.63, 3.8) is 0 Å². The second-order valence-electron chi connectivity index (χ2n) is 7.83. The van der Waals surface area contributed by atoms with Crippen molar-refractivity contribution in [1.82, 2.24) is 9.62 Å². The number of nitrogens with zero attached hydrogens (tertiary/aromatic N) is 2. The number of unbranched alkanes of at least 4 members (excludes halogenated alkanes) is 1.